The third-order valence-electron chi connectivity index (χ3n) is 2.61. The smallest absolute Gasteiger partial charge is 0.320 e. The number of phenols is 1. The molecule has 21 heavy (non-hydrogen) atoms. The number of rotatable bonds is 3. The number of phenolic OH excluding ortho intramolecular Hbond substituents is 1. The predicted octanol–water partition coefficient (Wildman–Crippen LogP) is -1.42. The van der Waals surface area contributed by atoms with E-state index in [9.17, 15) is 14.4 Å². The summed E-state index contributed by atoms with van der Waals surface area (Å²) in [6.07, 6.45) is 0.273. The van der Waals surface area contributed by atoms with E-state index in [1.54, 1.807) is 12.1 Å². The van der Waals surface area contributed by atoms with Gasteiger partial charge in [0.1, 0.15) is 11.8 Å². The van der Waals surface area contributed by atoms with Crippen LogP contribution in [0.3, 0.4) is 0 Å². The highest BCUT2D eigenvalue weighted by Crippen LogP contribution is 2.10. The second-order valence-corrected chi connectivity index (χ2v) is 4.33. The van der Waals surface area contributed by atoms with Crippen LogP contribution in [0.4, 0.5) is 0 Å². The summed E-state index contributed by atoms with van der Waals surface area (Å²) in [5, 5.41) is 22.2. The van der Waals surface area contributed by atoms with Gasteiger partial charge < -0.3 is 26.6 Å². The van der Waals surface area contributed by atoms with Crippen molar-refractivity contribution in [2.24, 2.45) is 5.73 Å². The van der Waals surface area contributed by atoms with E-state index in [2.05, 4.69) is 10.6 Å². The molecule has 1 fully saturated rings. The number of hydrogen-bond donors (Lipinski definition) is 5. The van der Waals surface area contributed by atoms with Gasteiger partial charge in [-0.05, 0) is 24.1 Å². The van der Waals surface area contributed by atoms with Crippen molar-refractivity contribution >= 4 is 17.8 Å². The minimum atomic E-state index is -1.02. The predicted molar refractivity (Wildman–Crippen MR) is 73.4 cm³/mol. The van der Waals surface area contributed by atoms with Crippen LogP contribution in [0.1, 0.15) is 5.56 Å². The SMILES string of the molecule is N[C@@H](Cc1ccc(O)cc1)C(=O)O.O=C1NCCNC1=O. The fourth-order valence-corrected chi connectivity index (χ4v) is 1.49. The molecule has 2 amide bonds. The number of nitrogens with one attached hydrogen (secondary N) is 2. The van der Waals surface area contributed by atoms with Gasteiger partial charge in [0.05, 0.1) is 0 Å². The topological polar surface area (TPSA) is 142 Å². The van der Waals surface area contributed by atoms with E-state index in [-0.39, 0.29) is 12.2 Å². The molecule has 1 aromatic rings. The van der Waals surface area contributed by atoms with Gasteiger partial charge in [-0.2, -0.15) is 0 Å². The number of benzene rings is 1. The monoisotopic (exact) mass is 295 g/mol. The Balaban J connectivity index is 0.000000235. The fourth-order valence-electron chi connectivity index (χ4n) is 1.49. The zero-order chi connectivity index (χ0) is 15.8. The van der Waals surface area contributed by atoms with E-state index >= 15 is 0 Å². The van der Waals surface area contributed by atoms with Crippen LogP contribution in [0, 0.1) is 0 Å². The van der Waals surface area contributed by atoms with Gasteiger partial charge in [0.15, 0.2) is 0 Å². The van der Waals surface area contributed by atoms with Crippen molar-refractivity contribution in [3.8, 4) is 5.75 Å². The van der Waals surface area contributed by atoms with Gasteiger partial charge in [0.25, 0.3) is 0 Å². The average molecular weight is 295 g/mol. The molecule has 6 N–H and O–H groups in total. The van der Waals surface area contributed by atoms with Gasteiger partial charge in [-0.25, -0.2) is 0 Å². The summed E-state index contributed by atoms with van der Waals surface area (Å²) in [7, 11) is 0. The van der Waals surface area contributed by atoms with Gasteiger partial charge in [0.2, 0.25) is 0 Å². The normalized spacial score (nSPS) is 15.1. The van der Waals surface area contributed by atoms with Crippen LogP contribution in [0.15, 0.2) is 24.3 Å². The van der Waals surface area contributed by atoms with Crippen molar-refractivity contribution < 1.29 is 24.6 Å². The second-order valence-electron chi connectivity index (χ2n) is 4.33. The summed E-state index contributed by atoms with van der Waals surface area (Å²) >= 11 is 0. The lowest BCUT2D eigenvalue weighted by Crippen LogP contribution is -2.49. The highest BCUT2D eigenvalue weighted by atomic mass is 16.4. The molecule has 0 aromatic heterocycles. The number of nitrogens with two attached hydrogens (primary N) is 1. The van der Waals surface area contributed by atoms with Gasteiger partial charge >= 0.3 is 17.8 Å². The highest BCUT2D eigenvalue weighted by molar-refractivity contribution is 6.35. The lowest BCUT2D eigenvalue weighted by molar-refractivity contribution is -0.140. The number of carboxylic acid groups (broad SMARTS) is 1. The average Bonchev–Trinajstić information content (AvgIpc) is 2.45. The summed E-state index contributed by atoms with van der Waals surface area (Å²) in [4.78, 5) is 30.9. The number of carbonyl (C=O) groups is 3. The summed E-state index contributed by atoms with van der Waals surface area (Å²) in [5.74, 6) is -1.92. The minimum absolute atomic E-state index is 0.160. The maximum absolute atomic E-state index is 10.4. The molecule has 0 aliphatic carbocycles. The van der Waals surface area contributed by atoms with Gasteiger partial charge in [-0.15, -0.1) is 0 Å². The lowest BCUT2D eigenvalue weighted by Gasteiger charge is -2.10. The third-order valence-corrected chi connectivity index (χ3v) is 2.61. The Morgan fingerprint density at radius 2 is 1.62 bits per heavy atom. The van der Waals surface area contributed by atoms with Gasteiger partial charge in [-0.1, -0.05) is 12.1 Å². The summed E-state index contributed by atoms with van der Waals surface area (Å²) in [6.45, 7) is 1.09. The standard InChI is InChI=1S/C9H11NO3.C4H6N2O2/c10-8(9(12)13)5-6-1-3-7(11)4-2-6;7-3-4(8)6-2-1-5-3/h1-4,8,11H,5,10H2,(H,12,13);1-2H2,(H,5,7)(H,6,8)/t8-;/m0./s1. The van der Waals surface area contributed by atoms with Crippen LogP contribution in [0.5, 0.6) is 5.75 Å². The van der Waals surface area contributed by atoms with Crippen molar-refractivity contribution in [2.45, 2.75) is 12.5 Å². The first-order chi connectivity index (χ1) is 9.90. The van der Waals surface area contributed by atoms with Crippen LogP contribution >= 0.6 is 0 Å². The third kappa shape index (κ3) is 5.91. The first-order valence-corrected chi connectivity index (χ1v) is 6.22. The molecule has 1 aliphatic heterocycles. The Bertz CT molecular complexity index is 499. The Hall–Kier alpha value is -2.61. The number of carboxylic acids is 1. The highest BCUT2D eigenvalue weighted by Gasteiger charge is 2.15. The second kappa shape index (κ2) is 7.85. The van der Waals surface area contributed by atoms with E-state index in [0.29, 0.717) is 13.1 Å². The molecule has 0 bridgehead atoms. The molecule has 8 heteroatoms. The molecule has 8 nitrogen and oxygen atoms in total. The van der Waals surface area contributed by atoms with Crippen LogP contribution in [0.25, 0.3) is 0 Å². The molecule has 1 aromatic carbocycles. The summed E-state index contributed by atoms with van der Waals surface area (Å²) in [5.41, 5.74) is 6.12. The molecule has 114 valence electrons. The molecule has 0 spiro atoms. The van der Waals surface area contributed by atoms with Crippen LogP contribution < -0.4 is 16.4 Å². The number of aromatic hydroxyl groups is 1. The van der Waals surface area contributed by atoms with E-state index in [1.807, 2.05) is 0 Å². The lowest BCUT2D eigenvalue weighted by atomic mass is 10.1. The molecule has 1 heterocycles. The fraction of sp³-hybridized carbons (Fsp3) is 0.308. The Morgan fingerprint density at radius 1 is 1.14 bits per heavy atom. The number of amides is 2. The van der Waals surface area contributed by atoms with Crippen molar-refractivity contribution in [1.82, 2.24) is 10.6 Å². The number of carbonyl (C=O) groups excluding carboxylic acids is 2. The van der Waals surface area contributed by atoms with Crippen molar-refractivity contribution in [2.75, 3.05) is 13.1 Å². The van der Waals surface area contributed by atoms with Crippen LogP contribution in [-0.4, -0.2) is 47.1 Å². The first kappa shape index (κ1) is 16.4. The largest absolute Gasteiger partial charge is 0.508 e. The van der Waals surface area contributed by atoms with E-state index < -0.39 is 23.8 Å². The zero-order valence-electron chi connectivity index (χ0n) is 11.2. The van der Waals surface area contributed by atoms with E-state index in [1.165, 1.54) is 12.1 Å². The maximum atomic E-state index is 10.4. The van der Waals surface area contributed by atoms with Crippen molar-refractivity contribution in [3.63, 3.8) is 0 Å². The number of piperazine rings is 1. The Morgan fingerprint density at radius 3 is 2.00 bits per heavy atom. The molecule has 1 saturated heterocycles. The van der Waals surface area contributed by atoms with Crippen molar-refractivity contribution in [1.29, 1.82) is 0 Å². The summed E-state index contributed by atoms with van der Waals surface area (Å²) < 4.78 is 0. The molecule has 0 radical (unpaired) electrons. The molecule has 2 rings (SSSR count). The molecule has 0 saturated carbocycles. The molecule has 1 aliphatic rings. The Labute approximate surface area is 120 Å². The minimum Gasteiger partial charge on any atom is -0.508 e. The molecule has 0 unspecified atom stereocenters. The number of aliphatic carboxylic acids is 1. The summed E-state index contributed by atoms with van der Waals surface area (Å²) in [6, 6.07) is 5.42. The van der Waals surface area contributed by atoms with Gasteiger partial charge in [-0.3, -0.25) is 14.4 Å². The van der Waals surface area contributed by atoms with E-state index in [0.717, 1.165) is 5.56 Å². The van der Waals surface area contributed by atoms with Crippen LogP contribution in [0.2, 0.25) is 0 Å². The molecular formula is C13H17N3O5. The maximum Gasteiger partial charge on any atom is 0.320 e. The van der Waals surface area contributed by atoms with Gasteiger partial charge in [0, 0.05) is 13.1 Å². The zero-order valence-corrected chi connectivity index (χ0v) is 11.2. The van der Waals surface area contributed by atoms with Crippen molar-refractivity contribution in [3.05, 3.63) is 29.8 Å². The first-order valence-electron chi connectivity index (χ1n) is 6.22. The van der Waals surface area contributed by atoms with E-state index in [4.69, 9.17) is 15.9 Å². The quantitative estimate of drug-likeness (QED) is 0.433. The Kier molecular flexibility index (Phi) is 6.15. The van der Waals surface area contributed by atoms with Crippen LogP contribution in [-0.2, 0) is 20.8 Å². The molecular weight excluding hydrogens is 278 g/mol. The number of hydrogen-bond acceptors (Lipinski definition) is 5. The molecule has 1 atom stereocenters.